The fourth-order valence-electron chi connectivity index (χ4n) is 3.14. The Hall–Kier alpha value is -0.820. The zero-order valence-electron chi connectivity index (χ0n) is 13.2. The number of hydrogen-bond acceptors (Lipinski definition) is 3. The Kier molecular flexibility index (Phi) is 5.48. The number of piperidine rings is 2. The van der Waals surface area contributed by atoms with Crippen molar-refractivity contribution in [2.75, 3.05) is 39.0 Å². The Morgan fingerprint density at radius 2 is 1.90 bits per heavy atom. The summed E-state index contributed by atoms with van der Waals surface area (Å²) in [7, 11) is -3.04. The van der Waals surface area contributed by atoms with Crippen LogP contribution in [0.3, 0.4) is 0 Å². The van der Waals surface area contributed by atoms with Gasteiger partial charge in [-0.2, -0.15) is 0 Å². The average Bonchev–Trinajstić information content (AvgIpc) is 2.44. The van der Waals surface area contributed by atoms with Gasteiger partial charge in [-0.15, -0.1) is 0 Å². The van der Waals surface area contributed by atoms with Gasteiger partial charge in [0.15, 0.2) is 5.96 Å². The standard InChI is InChI=1S/C14H28N4O2S/c1-12-4-3-7-17(11-12)14(15)16-10-13-5-8-18(9-6-13)21(2,19)20/h12-13H,3-11H2,1-2H3,(H2,15,16). The number of sulfonamides is 1. The Morgan fingerprint density at radius 1 is 1.24 bits per heavy atom. The van der Waals surface area contributed by atoms with Crippen LogP contribution in [0.25, 0.3) is 0 Å². The van der Waals surface area contributed by atoms with Gasteiger partial charge in [-0.25, -0.2) is 12.7 Å². The van der Waals surface area contributed by atoms with E-state index >= 15 is 0 Å². The summed E-state index contributed by atoms with van der Waals surface area (Å²) in [5, 5.41) is 0. The highest BCUT2D eigenvalue weighted by atomic mass is 32.2. The molecule has 122 valence electrons. The van der Waals surface area contributed by atoms with E-state index in [2.05, 4.69) is 16.8 Å². The van der Waals surface area contributed by atoms with Crippen LogP contribution < -0.4 is 5.73 Å². The van der Waals surface area contributed by atoms with Crippen LogP contribution in [0.15, 0.2) is 4.99 Å². The van der Waals surface area contributed by atoms with E-state index in [1.807, 2.05) is 0 Å². The monoisotopic (exact) mass is 316 g/mol. The summed E-state index contributed by atoms with van der Waals surface area (Å²) in [5.74, 6) is 1.79. The van der Waals surface area contributed by atoms with E-state index in [1.54, 1.807) is 4.31 Å². The summed E-state index contributed by atoms with van der Waals surface area (Å²) in [4.78, 5) is 6.73. The third-order valence-electron chi connectivity index (χ3n) is 4.54. The first-order valence-corrected chi connectivity index (χ1v) is 9.71. The largest absolute Gasteiger partial charge is 0.370 e. The van der Waals surface area contributed by atoms with Gasteiger partial charge in [-0.1, -0.05) is 6.92 Å². The molecule has 21 heavy (non-hydrogen) atoms. The summed E-state index contributed by atoms with van der Waals surface area (Å²) in [5.41, 5.74) is 6.09. The van der Waals surface area contributed by atoms with Crippen molar-refractivity contribution in [3.63, 3.8) is 0 Å². The van der Waals surface area contributed by atoms with Crippen molar-refractivity contribution in [2.24, 2.45) is 22.6 Å². The minimum absolute atomic E-state index is 0.448. The zero-order chi connectivity index (χ0) is 15.5. The molecule has 2 saturated heterocycles. The number of nitrogens with zero attached hydrogens (tertiary/aromatic N) is 3. The number of aliphatic imine (C=N–C) groups is 1. The van der Waals surface area contributed by atoms with Gasteiger partial charge >= 0.3 is 0 Å². The molecule has 2 N–H and O–H groups in total. The zero-order valence-corrected chi connectivity index (χ0v) is 14.0. The molecule has 2 heterocycles. The van der Waals surface area contributed by atoms with Gasteiger partial charge in [0, 0.05) is 32.7 Å². The van der Waals surface area contributed by atoms with Crippen molar-refractivity contribution in [2.45, 2.75) is 32.6 Å². The van der Waals surface area contributed by atoms with E-state index in [9.17, 15) is 8.42 Å². The molecule has 0 aromatic rings. The Balaban J connectivity index is 1.79. The van der Waals surface area contributed by atoms with Crippen LogP contribution >= 0.6 is 0 Å². The Morgan fingerprint density at radius 3 is 2.48 bits per heavy atom. The second kappa shape index (κ2) is 6.96. The second-order valence-corrected chi connectivity index (χ2v) is 8.48. The number of likely N-dealkylation sites (tertiary alicyclic amines) is 1. The topological polar surface area (TPSA) is 79.0 Å². The molecular weight excluding hydrogens is 288 g/mol. The van der Waals surface area contributed by atoms with Crippen molar-refractivity contribution in [3.8, 4) is 0 Å². The van der Waals surface area contributed by atoms with Gasteiger partial charge in [0.1, 0.15) is 0 Å². The molecule has 0 aliphatic carbocycles. The molecule has 2 fully saturated rings. The smallest absolute Gasteiger partial charge is 0.211 e. The minimum atomic E-state index is -3.04. The lowest BCUT2D eigenvalue weighted by Crippen LogP contribution is -2.44. The molecule has 1 atom stereocenters. The molecule has 7 heteroatoms. The molecule has 2 aliphatic rings. The molecule has 0 aromatic carbocycles. The summed E-state index contributed by atoms with van der Waals surface area (Å²) >= 11 is 0. The Labute approximate surface area is 128 Å². The number of rotatable bonds is 3. The van der Waals surface area contributed by atoms with Crippen molar-refractivity contribution in [1.82, 2.24) is 9.21 Å². The molecule has 0 aromatic heterocycles. The van der Waals surface area contributed by atoms with E-state index in [-0.39, 0.29) is 0 Å². The molecule has 1 unspecified atom stereocenters. The first-order chi connectivity index (χ1) is 9.86. The predicted molar refractivity (Wildman–Crippen MR) is 85.6 cm³/mol. The van der Waals surface area contributed by atoms with E-state index in [4.69, 9.17) is 5.73 Å². The van der Waals surface area contributed by atoms with Gasteiger partial charge < -0.3 is 10.6 Å². The van der Waals surface area contributed by atoms with E-state index in [0.717, 1.165) is 25.9 Å². The van der Waals surface area contributed by atoms with E-state index in [1.165, 1.54) is 19.1 Å². The lowest BCUT2D eigenvalue weighted by molar-refractivity contribution is 0.265. The lowest BCUT2D eigenvalue weighted by atomic mass is 9.98. The highest BCUT2D eigenvalue weighted by molar-refractivity contribution is 7.88. The lowest BCUT2D eigenvalue weighted by Gasteiger charge is -2.32. The van der Waals surface area contributed by atoms with Crippen LogP contribution in [-0.4, -0.2) is 62.6 Å². The minimum Gasteiger partial charge on any atom is -0.370 e. The van der Waals surface area contributed by atoms with Gasteiger partial charge in [-0.3, -0.25) is 4.99 Å². The number of nitrogens with two attached hydrogens (primary N) is 1. The molecule has 0 bridgehead atoms. The molecular formula is C14H28N4O2S. The van der Waals surface area contributed by atoms with Gasteiger partial charge in [0.2, 0.25) is 10.0 Å². The van der Waals surface area contributed by atoms with Crippen LogP contribution in [-0.2, 0) is 10.0 Å². The highest BCUT2D eigenvalue weighted by Crippen LogP contribution is 2.20. The maximum Gasteiger partial charge on any atom is 0.211 e. The summed E-state index contributed by atoms with van der Waals surface area (Å²) in [6, 6.07) is 0. The first-order valence-electron chi connectivity index (χ1n) is 7.86. The van der Waals surface area contributed by atoms with Crippen LogP contribution in [0.2, 0.25) is 0 Å². The van der Waals surface area contributed by atoms with Crippen LogP contribution in [0.4, 0.5) is 0 Å². The third kappa shape index (κ3) is 4.85. The molecule has 0 amide bonds. The predicted octanol–water partition coefficient (Wildman–Crippen LogP) is 0.705. The fraction of sp³-hybridized carbons (Fsp3) is 0.929. The van der Waals surface area contributed by atoms with E-state index < -0.39 is 10.0 Å². The SMILES string of the molecule is CC1CCCN(C(N)=NCC2CCN(S(C)(=O)=O)CC2)C1. The quantitative estimate of drug-likeness (QED) is 0.614. The molecule has 0 radical (unpaired) electrons. The summed E-state index contributed by atoms with van der Waals surface area (Å²) in [6.07, 6.45) is 5.49. The van der Waals surface area contributed by atoms with Crippen LogP contribution in [0.1, 0.15) is 32.6 Å². The summed E-state index contributed by atoms with van der Waals surface area (Å²) in [6.45, 7) is 6.20. The van der Waals surface area contributed by atoms with Gasteiger partial charge in [0.25, 0.3) is 0 Å². The molecule has 6 nitrogen and oxygen atoms in total. The van der Waals surface area contributed by atoms with Crippen LogP contribution in [0, 0.1) is 11.8 Å². The fourth-order valence-corrected chi connectivity index (χ4v) is 4.02. The summed E-state index contributed by atoms with van der Waals surface area (Å²) < 4.78 is 24.5. The number of guanidine groups is 1. The van der Waals surface area contributed by atoms with Crippen molar-refractivity contribution in [1.29, 1.82) is 0 Å². The molecule has 2 rings (SSSR count). The van der Waals surface area contributed by atoms with Crippen molar-refractivity contribution in [3.05, 3.63) is 0 Å². The molecule has 0 saturated carbocycles. The normalized spacial score (nSPS) is 27.0. The molecule has 2 aliphatic heterocycles. The molecule has 0 spiro atoms. The van der Waals surface area contributed by atoms with E-state index in [0.29, 0.717) is 37.4 Å². The van der Waals surface area contributed by atoms with Crippen LogP contribution in [0.5, 0.6) is 0 Å². The maximum absolute atomic E-state index is 11.5. The Bertz CT molecular complexity index is 469. The maximum atomic E-state index is 11.5. The van der Waals surface area contributed by atoms with Crippen molar-refractivity contribution < 1.29 is 8.42 Å². The van der Waals surface area contributed by atoms with Gasteiger partial charge in [0.05, 0.1) is 6.26 Å². The van der Waals surface area contributed by atoms with Crippen molar-refractivity contribution >= 4 is 16.0 Å². The average molecular weight is 316 g/mol. The first kappa shape index (κ1) is 16.5. The third-order valence-corrected chi connectivity index (χ3v) is 5.84. The second-order valence-electron chi connectivity index (χ2n) is 6.50. The highest BCUT2D eigenvalue weighted by Gasteiger charge is 2.25. The van der Waals surface area contributed by atoms with Gasteiger partial charge in [-0.05, 0) is 37.5 Å². The number of hydrogen-bond donors (Lipinski definition) is 1.